The van der Waals surface area contributed by atoms with Crippen molar-refractivity contribution in [3.05, 3.63) is 68.9 Å². The number of anilines is 1. The minimum atomic E-state index is -3.82. The van der Waals surface area contributed by atoms with Gasteiger partial charge in [0.25, 0.3) is 15.6 Å². The molecule has 1 aliphatic rings. The van der Waals surface area contributed by atoms with Crippen LogP contribution in [0.4, 0.5) is 5.69 Å². The Morgan fingerprint density at radius 1 is 0.963 bits per heavy atom. The van der Waals surface area contributed by atoms with E-state index in [2.05, 4.69) is 0 Å². The molecule has 1 aliphatic heterocycles. The molecule has 0 spiro atoms. The molecular weight excluding hydrogens is 366 g/mol. The number of aromatic nitrogens is 2. The summed E-state index contributed by atoms with van der Waals surface area (Å²) in [5.41, 5.74) is 1.11. The fourth-order valence-corrected chi connectivity index (χ4v) is 5.18. The lowest BCUT2D eigenvalue weighted by molar-refractivity contribution is 0.586. The van der Waals surface area contributed by atoms with Crippen molar-refractivity contribution in [1.29, 1.82) is 0 Å². The van der Waals surface area contributed by atoms with Crippen molar-refractivity contribution < 1.29 is 8.42 Å². The number of fused-ring (bicyclic) bond motifs is 2. The molecule has 3 aromatic rings. The van der Waals surface area contributed by atoms with Gasteiger partial charge in [0.2, 0.25) is 0 Å². The summed E-state index contributed by atoms with van der Waals surface area (Å²) in [6.07, 6.45) is 1.57. The highest BCUT2D eigenvalue weighted by Crippen LogP contribution is 2.32. The number of nitrogens with zero attached hydrogens (tertiary/aromatic N) is 3. The largest absolute Gasteiger partial charge is 0.330 e. The van der Waals surface area contributed by atoms with Crippen LogP contribution in [0, 0.1) is 0 Å². The van der Waals surface area contributed by atoms with E-state index < -0.39 is 21.3 Å². The second-order valence-corrected chi connectivity index (χ2v) is 8.56. The summed E-state index contributed by atoms with van der Waals surface area (Å²) in [7, 11) is -0.886. The summed E-state index contributed by atoms with van der Waals surface area (Å²) in [6.45, 7) is 0.392. The number of benzene rings is 2. The Morgan fingerprint density at radius 2 is 1.70 bits per heavy atom. The zero-order valence-corrected chi connectivity index (χ0v) is 15.9. The van der Waals surface area contributed by atoms with E-state index in [-0.39, 0.29) is 10.3 Å². The minimum absolute atomic E-state index is 0.0439. The second-order valence-electron chi connectivity index (χ2n) is 6.69. The summed E-state index contributed by atoms with van der Waals surface area (Å²) >= 11 is 0. The third kappa shape index (κ3) is 2.59. The van der Waals surface area contributed by atoms with Crippen LogP contribution in [0.3, 0.4) is 0 Å². The van der Waals surface area contributed by atoms with Gasteiger partial charge >= 0.3 is 5.69 Å². The van der Waals surface area contributed by atoms with Crippen molar-refractivity contribution in [2.45, 2.75) is 17.7 Å². The molecule has 0 saturated carbocycles. The zero-order valence-electron chi connectivity index (χ0n) is 15.0. The average molecular weight is 385 g/mol. The monoisotopic (exact) mass is 385 g/mol. The van der Waals surface area contributed by atoms with E-state index in [0.717, 1.165) is 23.0 Å². The Labute approximate surface area is 156 Å². The Morgan fingerprint density at radius 3 is 2.48 bits per heavy atom. The molecule has 2 heterocycles. The quantitative estimate of drug-likeness (QED) is 0.667. The van der Waals surface area contributed by atoms with Crippen LogP contribution in [0.25, 0.3) is 10.9 Å². The SMILES string of the molecule is Cn1c(=O)c2cc(S(=O)(=O)N3CCCc4ccccc43)ccc2n(C)c1=O. The van der Waals surface area contributed by atoms with E-state index in [1.54, 1.807) is 13.1 Å². The lowest BCUT2D eigenvalue weighted by atomic mass is 10.0. The molecule has 4 rings (SSSR count). The van der Waals surface area contributed by atoms with Crippen LogP contribution in [0.15, 0.2) is 56.9 Å². The number of hydrogen-bond acceptors (Lipinski definition) is 4. The predicted molar refractivity (Wildman–Crippen MR) is 104 cm³/mol. The molecular formula is C19H19N3O4S. The van der Waals surface area contributed by atoms with Gasteiger partial charge in [-0.3, -0.25) is 18.2 Å². The van der Waals surface area contributed by atoms with Crippen molar-refractivity contribution in [3.8, 4) is 0 Å². The first-order chi connectivity index (χ1) is 12.8. The van der Waals surface area contributed by atoms with Crippen LogP contribution >= 0.6 is 0 Å². The third-order valence-electron chi connectivity index (χ3n) is 5.09. The summed E-state index contributed by atoms with van der Waals surface area (Å²) in [5.74, 6) is 0. The maximum atomic E-state index is 13.3. The molecule has 1 aromatic heterocycles. The molecule has 0 saturated heterocycles. The van der Waals surface area contributed by atoms with E-state index in [4.69, 9.17) is 0 Å². The number of hydrogen-bond donors (Lipinski definition) is 0. The molecule has 0 bridgehead atoms. The van der Waals surface area contributed by atoms with E-state index in [1.807, 2.05) is 18.2 Å². The van der Waals surface area contributed by atoms with Crippen molar-refractivity contribution >= 4 is 26.6 Å². The van der Waals surface area contributed by atoms with Gasteiger partial charge in [0.1, 0.15) is 0 Å². The van der Waals surface area contributed by atoms with Crippen molar-refractivity contribution in [1.82, 2.24) is 9.13 Å². The van der Waals surface area contributed by atoms with Crippen LogP contribution < -0.4 is 15.6 Å². The van der Waals surface area contributed by atoms with Gasteiger partial charge in [-0.25, -0.2) is 13.2 Å². The number of rotatable bonds is 2. The molecule has 7 nitrogen and oxygen atoms in total. The number of para-hydroxylation sites is 1. The molecule has 0 atom stereocenters. The second kappa shape index (κ2) is 6.09. The Kier molecular flexibility index (Phi) is 3.96. The standard InChI is InChI=1S/C19H19N3O4S/c1-20-17-10-9-14(12-15(17)18(23)21(2)19(20)24)27(25,26)22-11-5-7-13-6-3-4-8-16(13)22/h3-4,6,8-10,12H,5,7,11H2,1-2H3. The van der Waals surface area contributed by atoms with Gasteiger partial charge in [0, 0.05) is 20.6 Å². The smallest absolute Gasteiger partial charge is 0.296 e. The first-order valence-electron chi connectivity index (χ1n) is 8.63. The van der Waals surface area contributed by atoms with Crippen LogP contribution in [0.2, 0.25) is 0 Å². The average Bonchev–Trinajstić information content (AvgIpc) is 2.69. The highest BCUT2D eigenvalue weighted by Gasteiger charge is 2.29. The van der Waals surface area contributed by atoms with Gasteiger partial charge in [0.15, 0.2) is 0 Å². The summed E-state index contributed by atoms with van der Waals surface area (Å²) in [6, 6.07) is 11.8. The molecule has 0 N–H and O–H groups in total. The Bertz CT molecular complexity index is 1290. The van der Waals surface area contributed by atoms with Gasteiger partial charge in [0.05, 0.1) is 21.5 Å². The Balaban J connectivity index is 1.93. The van der Waals surface area contributed by atoms with E-state index in [1.165, 1.54) is 34.1 Å². The van der Waals surface area contributed by atoms with Gasteiger partial charge in [-0.15, -0.1) is 0 Å². The number of aryl methyl sites for hydroxylation is 2. The predicted octanol–water partition coefficient (Wildman–Crippen LogP) is 1.38. The molecule has 0 aliphatic carbocycles. The van der Waals surface area contributed by atoms with Crippen LogP contribution in [0.1, 0.15) is 12.0 Å². The third-order valence-corrected chi connectivity index (χ3v) is 6.90. The van der Waals surface area contributed by atoms with E-state index in [9.17, 15) is 18.0 Å². The highest BCUT2D eigenvalue weighted by atomic mass is 32.2. The molecule has 27 heavy (non-hydrogen) atoms. The lowest BCUT2D eigenvalue weighted by Gasteiger charge is -2.30. The van der Waals surface area contributed by atoms with Gasteiger partial charge in [-0.1, -0.05) is 18.2 Å². The maximum Gasteiger partial charge on any atom is 0.330 e. The molecule has 0 fully saturated rings. The fraction of sp³-hybridized carbons (Fsp3) is 0.263. The van der Waals surface area contributed by atoms with Crippen LogP contribution in [-0.4, -0.2) is 24.1 Å². The maximum absolute atomic E-state index is 13.3. The first kappa shape index (κ1) is 17.5. The highest BCUT2D eigenvalue weighted by molar-refractivity contribution is 7.92. The first-order valence-corrected chi connectivity index (χ1v) is 10.1. The van der Waals surface area contributed by atoms with Gasteiger partial charge in [-0.2, -0.15) is 0 Å². The molecule has 0 amide bonds. The summed E-state index contributed by atoms with van der Waals surface area (Å²) < 4.78 is 30.3. The topological polar surface area (TPSA) is 81.4 Å². The van der Waals surface area contributed by atoms with Crippen LogP contribution in [0.5, 0.6) is 0 Å². The molecule has 8 heteroatoms. The van der Waals surface area contributed by atoms with Crippen molar-refractivity contribution in [3.63, 3.8) is 0 Å². The molecule has 0 unspecified atom stereocenters. The van der Waals surface area contributed by atoms with Gasteiger partial charge < -0.3 is 0 Å². The normalized spacial score (nSPS) is 14.4. The van der Waals surface area contributed by atoms with E-state index >= 15 is 0 Å². The summed E-state index contributed by atoms with van der Waals surface area (Å²) in [5, 5.41) is 0.200. The minimum Gasteiger partial charge on any atom is -0.296 e. The summed E-state index contributed by atoms with van der Waals surface area (Å²) in [4.78, 5) is 24.6. The van der Waals surface area contributed by atoms with Crippen molar-refractivity contribution in [2.75, 3.05) is 10.8 Å². The van der Waals surface area contributed by atoms with E-state index in [0.29, 0.717) is 17.7 Å². The van der Waals surface area contributed by atoms with Crippen LogP contribution in [-0.2, 0) is 30.5 Å². The Hall–Kier alpha value is -2.87. The lowest BCUT2D eigenvalue weighted by Crippen LogP contribution is -2.37. The molecule has 0 radical (unpaired) electrons. The van der Waals surface area contributed by atoms with Gasteiger partial charge in [-0.05, 0) is 42.7 Å². The fourth-order valence-electron chi connectivity index (χ4n) is 3.61. The van der Waals surface area contributed by atoms with Crippen molar-refractivity contribution in [2.24, 2.45) is 14.1 Å². The number of sulfonamides is 1. The zero-order chi connectivity index (χ0) is 19.3. The molecule has 2 aromatic carbocycles. The molecule has 140 valence electrons.